The first-order chi connectivity index (χ1) is 10.3. The Morgan fingerprint density at radius 1 is 1.29 bits per heavy atom. The molecule has 0 saturated heterocycles. The van der Waals surface area contributed by atoms with E-state index in [-0.39, 0.29) is 5.88 Å². The van der Waals surface area contributed by atoms with E-state index in [1.807, 2.05) is 17.8 Å². The van der Waals surface area contributed by atoms with Crippen LogP contribution >= 0.6 is 23.5 Å². The standard InChI is InChI=1S/C15H12N2O2S2/c18-15-13(16-21-17-15)10-5-3-7-12-14(10)19-8-9-4-1-2-6-11(9)20-12/h1-2,4-6,8,11H,3,7H2,(H,17,18). The van der Waals surface area contributed by atoms with Crippen molar-refractivity contribution in [3.8, 4) is 5.88 Å². The van der Waals surface area contributed by atoms with Crippen molar-refractivity contribution < 1.29 is 9.84 Å². The summed E-state index contributed by atoms with van der Waals surface area (Å²) in [5, 5.41) is 10.1. The van der Waals surface area contributed by atoms with Crippen molar-refractivity contribution in [2.75, 3.05) is 0 Å². The van der Waals surface area contributed by atoms with Gasteiger partial charge in [-0.2, -0.15) is 4.37 Å². The smallest absolute Gasteiger partial charge is 0.251 e. The maximum absolute atomic E-state index is 9.84. The van der Waals surface area contributed by atoms with E-state index in [9.17, 15) is 5.11 Å². The fourth-order valence-corrected chi connectivity index (χ4v) is 4.25. The van der Waals surface area contributed by atoms with E-state index in [0.717, 1.165) is 41.5 Å². The van der Waals surface area contributed by atoms with Crippen molar-refractivity contribution in [1.29, 1.82) is 0 Å². The fraction of sp³-hybridized carbons (Fsp3) is 0.200. The van der Waals surface area contributed by atoms with Crippen molar-refractivity contribution in [2.24, 2.45) is 0 Å². The molecule has 0 fully saturated rings. The largest absolute Gasteiger partial charge is 0.491 e. The number of rotatable bonds is 1. The third-order valence-electron chi connectivity index (χ3n) is 3.54. The number of thioether (sulfide) groups is 1. The van der Waals surface area contributed by atoms with Crippen LogP contribution in [0.2, 0.25) is 0 Å². The first-order valence-electron chi connectivity index (χ1n) is 6.67. The first-order valence-corrected chi connectivity index (χ1v) is 8.28. The van der Waals surface area contributed by atoms with E-state index in [1.54, 1.807) is 6.26 Å². The van der Waals surface area contributed by atoms with Gasteiger partial charge < -0.3 is 9.84 Å². The second-order valence-electron chi connectivity index (χ2n) is 4.86. The van der Waals surface area contributed by atoms with E-state index in [2.05, 4.69) is 33.1 Å². The quantitative estimate of drug-likeness (QED) is 0.854. The molecular formula is C15H12N2O2S2. The zero-order valence-corrected chi connectivity index (χ0v) is 12.7. The van der Waals surface area contributed by atoms with Crippen LogP contribution in [0.5, 0.6) is 5.88 Å². The van der Waals surface area contributed by atoms with Gasteiger partial charge in [0.15, 0.2) is 5.69 Å². The number of aromatic hydroxyl groups is 1. The molecule has 0 radical (unpaired) electrons. The number of ether oxygens (including phenoxy) is 1. The SMILES string of the molecule is Oc1nsnc1C1=CCCC2=C1OC=C1C=CC=CC1S2. The first kappa shape index (κ1) is 12.9. The van der Waals surface area contributed by atoms with Gasteiger partial charge in [-0.05, 0) is 12.8 Å². The summed E-state index contributed by atoms with van der Waals surface area (Å²) in [4.78, 5) is 1.20. The molecule has 1 unspecified atom stereocenters. The number of hydrogen-bond donors (Lipinski definition) is 1. The average molecular weight is 316 g/mol. The van der Waals surface area contributed by atoms with E-state index in [4.69, 9.17) is 4.74 Å². The Bertz CT molecular complexity index is 741. The molecule has 4 nitrogen and oxygen atoms in total. The van der Waals surface area contributed by atoms with Crippen LogP contribution in [0.1, 0.15) is 18.5 Å². The van der Waals surface area contributed by atoms with Crippen molar-refractivity contribution in [3.05, 3.63) is 58.6 Å². The topological polar surface area (TPSA) is 55.2 Å². The summed E-state index contributed by atoms with van der Waals surface area (Å²) in [6.45, 7) is 0. The molecule has 1 atom stereocenters. The van der Waals surface area contributed by atoms with Crippen LogP contribution in [0.4, 0.5) is 0 Å². The molecule has 21 heavy (non-hydrogen) atoms. The maximum Gasteiger partial charge on any atom is 0.251 e. The number of allylic oxidation sites excluding steroid dienone is 6. The van der Waals surface area contributed by atoms with E-state index in [0.29, 0.717) is 10.9 Å². The molecule has 0 aromatic carbocycles. The van der Waals surface area contributed by atoms with E-state index < -0.39 is 0 Å². The molecule has 0 spiro atoms. The molecule has 4 rings (SSSR count). The number of aromatic nitrogens is 2. The highest BCUT2D eigenvalue weighted by molar-refractivity contribution is 8.04. The summed E-state index contributed by atoms with van der Waals surface area (Å²) in [5.41, 5.74) is 2.51. The van der Waals surface area contributed by atoms with Gasteiger partial charge in [0.25, 0.3) is 5.88 Å². The Morgan fingerprint density at radius 3 is 3.10 bits per heavy atom. The molecule has 6 heteroatoms. The lowest BCUT2D eigenvalue weighted by molar-refractivity contribution is 0.364. The Labute approximate surface area is 130 Å². The highest BCUT2D eigenvalue weighted by Gasteiger charge is 2.28. The van der Waals surface area contributed by atoms with Crippen molar-refractivity contribution in [1.82, 2.24) is 8.75 Å². The molecule has 1 aromatic rings. The van der Waals surface area contributed by atoms with Gasteiger partial charge in [-0.25, -0.2) is 0 Å². The third kappa shape index (κ3) is 2.24. The van der Waals surface area contributed by atoms with Crippen LogP contribution < -0.4 is 0 Å². The Hall–Kier alpha value is -1.79. The van der Waals surface area contributed by atoms with Crippen LogP contribution in [0.25, 0.3) is 5.57 Å². The molecule has 2 heterocycles. The Balaban J connectivity index is 1.76. The molecule has 0 amide bonds. The lowest BCUT2D eigenvalue weighted by atomic mass is 10.0. The van der Waals surface area contributed by atoms with Crippen molar-refractivity contribution >= 4 is 29.1 Å². The van der Waals surface area contributed by atoms with Crippen LogP contribution in [-0.2, 0) is 4.74 Å². The fourth-order valence-electron chi connectivity index (χ4n) is 2.54. The Kier molecular flexibility index (Phi) is 3.20. The van der Waals surface area contributed by atoms with Gasteiger partial charge in [0, 0.05) is 16.1 Å². The summed E-state index contributed by atoms with van der Waals surface area (Å²) >= 11 is 2.82. The number of hydrogen-bond acceptors (Lipinski definition) is 6. The summed E-state index contributed by atoms with van der Waals surface area (Å²) in [6.07, 6.45) is 14.1. The second-order valence-corrected chi connectivity index (χ2v) is 6.63. The van der Waals surface area contributed by atoms with Crippen LogP contribution in [0.3, 0.4) is 0 Å². The highest BCUT2D eigenvalue weighted by atomic mass is 32.2. The minimum absolute atomic E-state index is 0.0253. The number of nitrogens with zero attached hydrogens (tertiary/aromatic N) is 2. The van der Waals surface area contributed by atoms with Gasteiger partial charge in [0.1, 0.15) is 5.76 Å². The van der Waals surface area contributed by atoms with E-state index >= 15 is 0 Å². The molecule has 2 aliphatic carbocycles. The zero-order valence-electron chi connectivity index (χ0n) is 11.0. The normalized spacial score (nSPS) is 23.7. The Morgan fingerprint density at radius 2 is 2.24 bits per heavy atom. The van der Waals surface area contributed by atoms with Crippen LogP contribution in [-0.4, -0.2) is 19.1 Å². The molecule has 3 aliphatic rings. The van der Waals surface area contributed by atoms with Gasteiger partial charge in [0.2, 0.25) is 0 Å². The molecule has 0 saturated carbocycles. The predicted molar refractivity (Wildman–Crippen MR) is 84.6 cm³/mol. The van der Waals surface area contributed by atoms with Gasteiger partial charge in [-0.1, -0.05) is 30.4 Å². The second kappa shape index (κ2) is 5.20. The zero-order chi connectivity index (χ0) is 14.2. The molecular weight excluding hydrogens is 304 g/mol. The molecule has 1 aromatic heterocycles. The average Bonchev–Trinajstić information content (AvgIpc) is 2.83. The van der Waals surface area contributed by atoms with Gasteiger partial charge >= 0.3 is 0 Å². The lowest BCUT2D eigenvalue weighted by Gasteiger charge is -2.19. The molecule has 1 aliphatic heterocycles. The minimum atomic E-state index is -0.0253. The van der Waals surface area contributed by atoms with Gasteiger partial charge in [-0.15, -0.1) is 16.1 Å². The van der Waals surface area contributed by atoms with Crippen molar-refractivity contribution in [3.63, 3.8) is 0 Å². The van der Waals surface area contributed by atoms with Gasteiger partial charge in [0.05, 0.1) is 23.2 Å². The molecule has 106 valence electrons. The summed E-state index contributed by atoms with van der Waals surface area (Å²) in [5.74, 6) is 0.778. The van der Waals surface area contributed by atoms with Gasteiger partial charge in [-0.3, -0.25) is 0 Å². The van der Waals surface area contributed by atoms with Crippen LogP contribution in [0.15, 0.2) is 52.9 Å². The van der Waals surface area contributed by atoms with Crippen LogP contribution in [0, 0.1) is 0 Å². The minimum Gasteiger partial charge on any atom is -0.491 e. The number of fused-ring (bicyclic) bond motifs is 1. The van der Waals surface area contributed by atoms with E-state index in [1.165, 1.54) is 4.91 Å². The maximum atomic E-state index is 9.84. The summed E-state index contributed by atoms with van der Waals surface area (Å²) in [6, 6.07) is 0. The lowest BCUT2D eigenvalue weighted by Crippen LogP contribution is -2.04. The van der Waals surface area contributed by atoms with Crippen molar-refractivity contribution in [2.45, 2.75) is 18.1 Å². The summed E-state index contributed by atoms with van der Waals surface area (Å²) in [7, 11) is 0. The molecule has 0 bridgehead atoms. The highest BCUT2D eigenvalue weighted by Crippen LogP contribution is 2.45. The summed E-state index contributed by atoms with van der Waals surface area (Å²) < 4.78 is 14.0. The monoisotopic (exact) mass is 316 g/mol. The molecule has 1 N–H and O–H groups in total. The predicted octanol–water partition coefficient (Wildman–Crippen LogP) is 3.77. The third-order valence-corrected chi connectivity index (χ3v) is 5.42.